The minimum absolute atomic E-state index is 0.0332. The number of allylic oxidation sites excluding steroid dienone is 1. The molecule has 13 aromatic rings. The number of benzene rings is 10. The molecule has 0 aliphatic carbocycles. The molecule has 0 saturated carbocycles. The Morgan fingerprint density at radius 1 is 0.500 bits per heavy atom. The number of aromatic nitrogens is 2. The van der Waals surface area contributed by atoms with Gasteiger partial charge in [0.1, 0.15) is 11.2 Å². The van der Waals surface area contributed by atoms with Gasteiger partial charge >= 0.3 is 0 Å². The van der Waals surface area contributed by atoms with Crippen LogP contribution >= 0.6 is 0 Å². The summed E-state index contributed by atoms with van der Waals surface area (Å²) in [5.74, 6) is 0.118. The number of rotatable bonds is 6. The normalized spacial score (nSPS) is 17.5. The number of aliphatic imine (C=N–C) groups is 1. The highest BCUT2D eigenvalue weighted by molar-refractivity contribution is 6.21. The average Bonchev–Trinajstić information content (AvgIpc) is 4.05. The fraction of sp³-hybridized carbons (Fsp3) is 0.106. The first-order valence-electron chi connectivity index (χ1n) is 24.8. The van der Waals surface area contributed by atoms with Crippen molar-refractivity contribution >= 4 is 98.4 Å². The molecule has 4 heterocycles. The summed E-state index contributed by atoms with van der Waals surface area (Å²) in [5.41, 5.74) is 14.6. The molecule has 0 radical (unpaired) electrons. The van der Waals surface area contributed by atoms with Crippen LogP contribution in [0.25, 0.3) is 104 Å². The van der Waals surface area contributed by atoms with Gasteiger partial charge in [-0.3, -0.25) is 4.99 Å². The first-order chi connectivity index (χ1) is 34.6. The number of nitrogens with zero attached hydrogens (tertiary/aromatic N) is 3. The lowest BCUT2D eigenvalue weighted by molar-refractivity contribution is 0.514. The predicted molar refractivity (Wildman–Crippen MR) is 295 cm³/mol. The second kappa shape index (κ2) is 16.1. The van der Waals surface area contributed by atoms with Crippen molar-refractivity contribution in [3.63, 3.8) is 0 Å². The van der Waals surface area contributed by atoms with Gasteiger partial charge in [0.05, 0.1) is 45.1 Å². The molecule has 14 rings (SSSR count). The standard InChI is InChI=1S/C66H49N3O/c1-3-49-50(42-18-6-4-7-19-42)32-30-41(2)64(67-65(49)47-31-33-52-51-26-14-16-28-57(51)68(59(52)40-47)48-24-8-5-9-25-48)63-58(35-34-54-53-27-15-17-29-62(53)70-66(54)63)69-60-38-45-22-12-10-20-43(45)36-55(60)56-37-44-21-11-13-23-46(44)39-61(56)69/h4-29,31-41,49,65H,3,30H2,1-2H3/b50-32+,67-64?. The maximum atomic E-state index is 7.19. The minimum Gasteiger partial charge on any atom is -0.455 e. The molecule has 0 saturated heterocycles. The molecule has 1 aliphatic rings. The second-order valence-electron chi connectivity index (χ2n) is 19.3. The van der Waals surface area contributed by atoms with E-state index in [1.54, 1.807) is 0 Å². The molecule has 0 N–H and O–H groups in total. The fourth-order valence-electron chi connectivity index (χ4n) is 12.0. The van der Waals surface area contributed by atoms with E-state index in [4.69, 9.17) is 9.41 Å². The Morgan fingerprint density at radius 2 is 1.07 bits per heavy atom. The molecule has 3 aromatic heterocycles. The van der Waals surface area contributed by atoms with Gasteiger partial charge in [-0.25, -0.2) is 0 Å². The monoisotopic (exact) mass is 899 g/mol. The predicted octanol–water partition coefficient (Wildman–Crippen LogP) is 17.8. The summed E-state index contributed by atoms with van der Waals surface area (Å²) in [6, 6.07) is 77.7. The summed E-state index contributed by atoms with van der Waals surface area (Å²) in [4.78, 5) is 6.29. The average molecular weight is 900 g/mol. The number of para-hydroxylation sites is 3. The van der Waals surface area contributed by atoms with Crippen molar-refractivity contribution in [2.45, 2.75) is 32.7 Å². The Kier molecular flexibility index (Phi) is 9.32. The van der Waals surface area contributed by atoms with Gasteiger partial charge in [0.2, 0.25) is 0 Å². The van der Waals surface area contributed by atoms with E-state index in [9.17, 15) is 0 Å². The van der Waals surface area contributed by atoms with Crippen molar-refractivity contribution in [1.29, 1.82) is 0 Å². The summed E-state index contributed by atoms with van der Waals surface area (Å²) in [6.45, 7) is 4.71. The topological polar surface area (TPSA) is 35.4 Å². The maximum absolute atomic E-state index is 7.19. The van der Waals surface area contributed by atoms with Gasteiger partial charge in [0.25, 0.3) is 0 Å². The van der Waals surface area contributed by atoms with Gasteiger partial charge < -0.3 is 13.6 Å². The van der Waals surface area contributed by atoms with Crippen molar-refractivity contribution in [3.05, 3.63) is 235 Å². The largest absolute Gasteiger partial charge is 0.455 e. The van der Waals surface area contributed by atoms with E-state index < -0.39 is 0 Å². The van der Waals surface area contributed by atoms with Gasteiger partial charge in [-0.15, -0.1) is 0 Å². The molecule has 3 atom stereocenters. The smallest absolute Gasteiger partial charge is 0.146 e. The summed E-state index contributed by atoms with van der Waals surface area (Å²) >= 11 is 0. The molecule has 1 aliphatic heterocycles. The highest BCUT2D eigenvalue weighted by Crippen LogP contribution is 2.47. The van der Waals surface area contributed by atoms with E-state index >= 15 is 0 Å². The van der Waals surface area contributed by atoms with Crippen LogP contribution in [0.2, 0.25) is 0 Å². The van der Waals surface area contributed by atoms with Crippen LogP contribution in [0, 0.1) is 11.8 Å². The number of hydrogen-bond acceptors (Lipinski definition) is 2. The second-order valence-corrected chi connectivity index (χ2v) is 19.3. The molecule has 0 amide bonds. The Hall–Kier alpha value is -8.47. The molecule has 4 heteroatoms. The van der Waals surface area contributed by atoms with Gasteiger partial charge in [0.15, 0.2) is 0 Å². The maximum Gasteiger partial charge on any atom is 0.146 e. The molecular formula is C66H49N3O. The van der Waals surface area contributed by atoms with E-state index in [1.165, 1.54) is 70.8 Å². The summed E-state index contributed by atoms with van der Waals surface area (Å²) in [6.07, 6.45) is 4.27. The van der Waals surface area contributed by atoms with Gasteiger partial charge in [0, 0.05) is 49.8 Å². The third kappa shape index (κ3) is 6.26. The summed E-state index contributed by atoms with van der Waals surface area (Å²) < 4.78 is 12.1. The Balaban J connectivity index is 1.09. The van der Waals surface area contributed by atoms with Crippen LogP contribution in [0.5, 0.6) is 0 Å². The van der Waals surface area contributed by atoms with E-state index in [2.05, 4.69) is 241 Å². The van der Waals surface area contributed by atoms with Crippen LogP contribution in [-0.2, 0) is 0 Å². The Morgan fingerprint density at radius 3 is 1.77 bits per heavy atom. The summed E-state index contributed by atoms with van der Waals surface area (Å²) in [7, 11) is 0. The fourth-order valence-corrected chi connectivity index (χ4v) is 12.0. The van der Waals surface area contributed by atoms with Crippen LogP contribution < -0.4 is 0 Å². The molecule has 0 bridgehead atoms. The van der Waals surface area contributed by atoms with E-state index in [0.717, 1.165) is 68.5 Å². The zero-order chi connectivity index (χ0) is 46.5. The van der Waals surface area contributed by atoms with Crippen molar-refractivity contribution in [1.82, 2.24) is 9.13 Å². The Bertz CT molecular complexity index is 4190. The van der Waals surface area contributed by atoms with Gasteiger partial charge in [-0.1, -0.05) is 166 Å². The third-order valence-corrected chi connectivity index (χ3v) is 15.3. The van der Waals surface area contributed by atoms with Gasteiger partial charge in [-0.2, -0.15) is 0 Å². The zero-order valence-electron chi connectivity index (χ0n) is 39.2. The van der Waals surface area contributed by atoms with Crippen molar-refractivity contribution in [2.75, 3.05) is 0 Å². The number of furan rings is 1. The van der Waals surface area contributed by atoms with Crippen molar-refractivity contribution in [2.24, 2.45) is 16.8 Å². The molecule has 0 spiro atoms. The highest BCUT2D eigenvalue weighted by Gasteiger charge is 2.33. The molecule has 4 nitrogen and oxygen atoms in total. The van der Waals surface area contributed by atoms with Crippen LogP contribution in [0.1, 0.15) is 49.4 Å². The number of fused-ring (bicyclic) bond motifs is 11. The molecule has 10 aromatic carbocycles. The van der Waals surface area contributed by atoms with Crippen molar-refractivity contribution in [3.8, 4) is 11.4 Å². The molecule has 0 fully saturated rings. The lowest BCUT2D eigenvalue weighted by Gasteiger charge is -2.32. The van der Waals surface area contributed by atoms with Crippen LogP contribution in [0.4, 0.5) is 0 Å². The van der Waals surface area contributed by atoms with Crippen LogP contribution in [0.15, 0.2) is 228 Å². The molecule has 70 heavy (non-hydrogen) atoms. The minimum atomic E-state index is -0.223. The molecular weight excluding hydrogens is 851 g/mol. The van der Waals surface area contributed by atoms with E-state index in [0.29, 0.717) is 0 Å². The molecule has 3 unspecified atom stereocenters. The first kappa shape index (κ1) is 40.6. The first-order valence-corrected chi connectivity index (χ1v) is 24.8. The van der Waals surface area contributed by atoms with Crippen LogP contribution in [-0.4, -0.2) is 14.8 Å². The zero-order valence-corrected chi connectivity index (χ0v) is 39.2. The lowest BCUT2D eigenvalue weighted by atomic mass is 9.78. The third-order valence-electron chi connectivity index (χ3n) is 15.3. The van der Waals surface area contributed by atoms with Gasteiger partial charge in [-0.05, 0) is 118 Å². The van der Waals surface area contributed by atoms with Crippen molar-refractivity contribution < 1.29 is 4.42 Å². The van der Waals surface area contributed by atoms with Crippen LogP contribution in [0.3, 0.4) is 0 Å². The summed E-state index contributed by atoms with van der Waals surface area (Å²) in [5, 5.41) is 12.0. The Labute approximate surface area is 406 Å². The lowest BCUT2D eigenvalue weighted by Crippen LogP contribution is -2.23. The van der Waals surface area contributed by atoms with E-state index in [1.807, 2.05) is 0 Å². The van der Waals surface area contributed by atoms with E-state index in [-0.39, 0.29) is 17.9 Å². The number of hydrogen-bond donors (Lipinski definition) is 0. The highest BCUT2D eigenvalue weighted by atomic mass is 16.3. The quantitative estimate of drug-likeness (QED) is 0.164. The molecule has 334 valence electrons. The SMILES string of the molecule is CCC1/C(c2ccccc2)=C/CC(C)C(c2c(-n3c4cc5ccccc5cc4c4cc5ccccc5cc43)ccc3c2oc2ccccc23)=NC1c1ccc2c3ccccc3n(-c3ccccc3)c2c1.